The molecule has 0 aromatic heterocycles. The van der Waals surface area contributed by atoms with Crippen LogP contribution < -0.4 is 9.64 Å². The maximum Gasteiger partial charge on any atom is 0.303 e. The number of benzene rings is 1. The maximum absolute atomic E-state index is 10.7. The average Bonchev–Trinajstić information content (AvgIpc) is 2.40. The van der Waals surface area contributed by atoms with Crippen LogP contribution in [0, 0.1) is 0 Å². The van der Waals surface area contributed by atoms with Crippen molar-refractivity contribution in [2.24, 2.45) is 0 Å². The fourth-order valence-corrected chi connectivity index (χ4v) is 2.99. The van der Waals surface area contributed by atoms with E-state index in [0.717, 1.165) is 11.4 Å². The molecule has 0 fully saturated rings. The van der Waals surface area contributed by atoms with E-state index >= 15 is 0 Å². The van der Waals surface area contributed by atoms with Gasteiger partial charge in [0.2, 0.25) is 0 Å². The lowest BCUT2D eigenvalue weighted by molar-refractivity contribution is -0.137. The normalized spacial score (nSPS) is 16.2. The van der Waals surface area contributed by atoms with Crippen LogP contribution >= 0.6 is 0 Å². The number of aliphatic carboxylic acids is 1. The predicted molar refractivity (Wildman–Crippen MR) is 84.9 cm³/mol. The van der Waals surface area contributed by atoms with Gasteiger partial charge in [-0.25, -0.2) is 0 Å². The van der Waals surface area contributed by atoms with Crippen LogP contribution in [0.2, 0.25) is 0 Å². The van der Waals surface area contributed by atoms with Gasteiger partial charge in [0.15, 0.2) is 0 Å². The molecule has 114 valence electrons. The Labute approximate surface area is 126 Å². The molecule has 1 N–H and O–H groups in total. The lowest BCUT2D eigenvalue weighted by Gasteiger charge is -2.43. The summed E-state index contributed by atoms with van der Waals surface area (Å²) in [5.74, 6) is 0.0740. The Morgan fingerprint density at radius 1 is 1.38 bits per heavy atom. The Balaban J connectivity index is 2.36. The minimum atomic E-state index is -0.748. The monoisotopic (exact) mass is 289 g/mol. The molecule has 1 aliphatic heterocycles. The van der Waals surface area contributed by atoms with E-state index in [1.807, 2.05) is 12.1 Å². The van der Waals surface area contributed by atoms with Gasteiger partial charge in [0.25, 0.3) is 0 Å². The van der Waals surface area contributed by atoms with Crippen molar-refractivity contribution in [1.29, 1.82) is 0 Å². The van der Waals surface area contributed by atoms with Crippen molar-refractivity contribution in [2.45, 2.75) is 39.2 Å². The number of carboxylic acids is 1. The van der Waals surface area contributed by atoms with Crippen molar-refractivity contribution in [3.8, 4) is 5.75 Å². The molecule has 0 amide bonds. The number of fused-ring (bicyclic) bond motifs is 1. The van der Waals surface area contributed by atoms with Crippen LogP contribution in [-0.4, -0.2) is 30.3 Å². The van der Waals surface area contributed by atoms with E-state index < -0.39 is 5.97 Å². The van der Waals surface area contributed by atoms with Crippen LogP contribution in [0.5, 0.6) is 5.75 Å². The molecule has 21 heavy (non-hydrogen) atoms. The standard InChI is InChI=1S/C17H23NO3/c1-12-11-17(2,3)18(9-5-6-16(19)20)15-10-13(21-4)7-8-14(12)15/h7-8,10-11H,5-6,9H2,1-4H3,(H,19,20). The molecule has 0 unspecified atom stereocenters. The van der Waals surface area contributed by atoms with E-state index in [4.69, 9.17) is 9.84 Å². The topological polar surface area (TPSA) is 49.8 Å². The van der Waals surface area contributed by atoms with Crippen molar-refractivity contribution in [3.63, 3.8) is 0 Å². The third-order valence-electron chi connectivity index (χ3n) is 3.96. The zero-order valence-corrected chi connectivity index (χ0v) is 13.1. The highest BCUT2D eigenvalue weighted by atomic mass is 16.5. The third-order valence-corrected chi connectivity index (χ3v) is 3.96. The SMILES string of the molecule is COc1ccc2c(c1)N(CCCC(=O)O)C(C)(C)C=C2C. The molecule has 4 heteroatoms. The van der Waals surface area contributed by atoms with Gasteiger partial charge in [0, 0.05) is 30.3 Å². The number of methoxy groups -OCH3 is 1. The number of carbonyl (C=O) groups is 1. The van der Waals surface area contributed by atoms with E-state index in [0.29, 0.717) is 13.0 Å². The molecule has 1 aliphatic rings. The molecule has 2 rings (SSSR count). The van der Waals surface area contributed by atoms with E-state index in [9.17, 15) is 4.79 Å². The largest absolute Gasteiger partial charge is 0.497 e. The quantitative estimate of drug-likeness (QED) is 0.900. The van der Waals surface area contributed by atoms with Crippen LogP contribution in [0.25, 0.3) is 5.57 Å². The summed E-state index contributed by atoms with van der Waals surface area (Å²) in [6.45, 7) is 7.13. The van der Waals surface area contributed by atoms with Crippen molar-refractivity contribution >= 4 is 17.2 Å². The zero-order chi connectivity index (χ0) is 15.6. The zero-order valence-electron chi connectivity index (χ0n) is 13.1. The first-order chi connectivity index (χ1) is 9.85. The summed E-state index contributed by atoms with van der Waals surface area (Å²) in [7, 11) is 1.66. The molecule has 1 aromatic rings. The third kappa shape index (κ3) is 3.20. The van der Waals surface area contributed by atoms with E-state index in [1.54, 1.807) is 7.11 Å². The number of allylic oxidation sites excluding steroid dienone is 1. The van der Waals surface area contributed by atoms with Gasteiger partial charge in [-0.3, -0.25) is 4.79 Å². The summed E-state index contributed by atoms with van der Waals surface area (Å²) in [5.41, 5.74) is 3.41. The van der Waals surface area contributed by atoms with Crippen LogP contribution in [0.4, 0.5) is 5.69 Å². The van der Waals surface area contributed by atoms with Crippen LogP contribution in [-0.2, 0) is 4.79 Å². The van der Waals surface area contributed by atoms with Crippen LogP contribution in [0.15, 0.2) is 24.3 Å². The fraction of sp³-hybridized carbons (Fsp3) is 0.471. The highest BCUT2D eigenvalue weighted by Crippen LogP contribution is 2.40. The van der Waals surface area contributed by atoms with Crippen molar-refractivity contribution in [1.82, 2.24) is 0 Å². The molecule has 0 radical (unpaired) electrons. The summed E-state index contributed by atoms with van der Waals surface area (Å²) in [6.07, 6.45) is 3.06. The Bertz CT molecular complexity index is 575. The van der Waals surface area contributed by atoms with Gasteiger partial charge >= 0.3 is 5.97 Å². The second-order valence-corrected chi connectivity index (χ2v) is 6.01. The van der Waals surface area contributed by atoms with Gasteiger partial charge in [-0.1, -0.05) is 6.08 Å². The number of carboxylic acid groups (broad SMARTS) is 1. The minimum absolute atomic E-state index is 0.137. The van der Waals surface area contributed by atoms with Crippen molar-refractivity contribution < 1.29 is 14.6 Å². The molecule has 0 atom stereocenters. The summed E-state index contributed by atoms with van der Waals surface area (Å²) >= 11 is 0. The molecule has 0 saturated heterocycles. The molecule has 4 nitrogen and oxygen atoms in total. The van der Waals surface area contributed by atoms with Gasteiger partial charge in [0.05, 0.1) is 12.6 Å². The summed E-state index contributed by atoms with van der Waals surface area (Å²) in [6, 6.07) is 6.07. The molecular weight excluding hydrogens is 266 g/mol. The molecule has 0 saturated carbocycles. The molecule has 0 spiro atoms. The highest BCUT2D eigenvalue weighted by Gasteiger charge is 2.31. The van der Waals surface area contributed by atoms with Crippen molar-refractivity contribution in [2.75, 3.05) is 18.6 Å². The van der Waals surface area contributed by atoms with Crippen LogP contribution in [0.1, 0.15) is 39.2 Å². The lowest BCUT2D eigenvalue weighted by atomic mass is 9.88. The Hall–Kier alpha value is -1.97. The number of hydrogen-bond donors (Lipinski definition) is 1. The first kappa shape index (κ1) is 15.4. The van der Waals surface area contributed by atoms with E-state index in [2.05, 4.69) is 37.8 Å². The first-order valence-corrected chi connectivity index (χ1v) is 7.22. The average molecular weight is 289 g/mol. The lowest BCUT2D eigenvalue weighted by Crippen LogP contribution is -2.45. The second-order valence-electron chi connectivity index (χ2n) is 6.01. The number of hydrogen-bond acceptors (Lipinski definition) is 3. The van der Waals surface area contributed by atoms with E-state index in [-0.39, 0.29) is 12.0 Å². The Morgan fingerprint density at radius 3 is 2.71 bits per heavy atom. The summed E-state index contributed by atoms with van der Waals surface area (Å²) < 4.78 is 5.33. The van der Waals surface area contributed by atoms with Gasteiger partial charge in [-0.2, -0.15) is 0 Å². The summed E-state index contributed by atoms with van der Waals surface area (Å²) in [4.78, 5) is 13.0. The maximum atomic E-state index is 10.7. The number of anilines is 1. The minimum Gasteiger partial charge on any atom is -0.497 e. The van der Waals surface area contributed by atoms with Crippen LogP contribution in [0.3, 0.4) is 0 Å². The Kier molecular flexibility index (Phi) is 4.26. The second kappa shape index (κ2) is 5.80. The van der Waals surface area contributed by atoms with Gasteiger partial charge in [0.1, 0.15) is 5.75 Å². The van der Waals surface area contributed by atoms with E-state index in [1.165, 1.54) is 11.1 Å². The first-order valence-electron chi connectivity index (χ1n) is 7.22. The number of nitrogens with zero attached hydrogens (tertiary/aromatic N) is 1. The van der Waals surface area contributed by atoms with Gasteiger partial charge < -0.3 is 14.7 Å². The number of rotatable bonds is 5. The van der Waals surface area contributed by atoms with Crippen molar-refractivity contribution in [3.05, 3.63) is 29.8 Å². The molecule has 1 aromatic carbocycles. The molecule has 0 aliphatic carbocycles. The molecule has 1 heterocycles. The molecule has 0 bridgehead atoms. The number of ether oxygens (including phenoxy) is 1. The Morgan fingerprint density at radius 2 is 2.10 bits per heavy atom. The fourth-order valence-electron chi connectivity index (χ4n) is 2.99. The van der Waals surface area contributed by atoms with Gasteiger partial charge in [-0.05, 0) is 44.9 Å². The smallest absolute Gasteiger partial charge is 0.303 e. The predicted octanol–water partition coefficient (Wildman–Crippen LogP) is 3.56. The summed E-state index contributed by atoms with van der Waals surface area (Å²) in [5, 5.41) is 8.84. The van der Waals surface area contributed by atoms with Gasteiger partial charge in [-0.15, -0.1) is 0 Å². The highest BCUT2D eigenvalue weighted by molar-refractivity contribution is 5.82. The molecular formula is C17H23NO3.